The van der Waals surface area contributed by atoms with Crippen molar-refractivity contribution in [3.05, 3.63) is 0 Å². The Morgan fingerprint density at radius 3 is 0.600 bits per heavy atom. The molecular weight excluding hydrogens is 479 g/mol. The van der Waals surface area contributed by atoms with Crippen LogP contribution in [0.1, 0.15) is 116 Å². The van der Waals surface area contributed by atoms with Crippen molar-refractivity contribution < 1.29 is 25.9 Å². The molecule has 10 heteroatoms. The molecule has 0 spiro atoms. The first-order valence-corrected chi connectivity index (χ1v) is 14.3. The third-order valence-corrected chi connectivity index (χ3v) is 6.66. The van der Waals surface area contributed by atoms with Crippen molar-refractivity contribution >= 4 is 123 Å². The second kappa shape index (κ2) is 25.2. The predicted molar refractivity (Wildman–Crippen MR) is 130 cm³/mol. The Kier molecular flexibility index (Phi) is 31.6. The standard InChI is InChI=1S/C20H42O6S2.2K.2H/c21-27(22,23)19-17-15-13-11-9-7-5-3-1-2-4-6-8-10-12-14-16-18-20-28(24,25)26;;;;/h1-20H2,(H,21,22,23)(H,24,25,26);;;;. The van der Waals surface area contributed by atoms with Gasteiger partial charge >= 0.3 is 103 Å². The summed E-state index contributed by atoms with van der Waals surface area (Å²) in [5.41, 5.74) is 0. The molecule has 0 saturated heterocycles. The number of rotatable bonds is 21. The van der Waals surface area contributed by atoms with Gasteiger partial charge in [0.2, 0.25) is 0 Å². The quantitative estimate of drug-likeness (QED) is 0.131. The van der Waals surface area contributed by atoms with Crippen LogP contribution in [0.3, 0.4) is 0 Å². The molecule has 0 aromatic heterocycles. The predicted octanol–water partition coefficient (Wildman–Crippen LogP) is 4.49. The minimum absolute atomic E-state index is 0. The number of hydrogen-bond donors (Lipinski definition) is 2. The van der Waals surface area contributed by atoms with Crippen LogP contribution in [-0.2, 0) is 20.2 Å². The van der Waals surface area contributed by atoms with E-state index in [-0.39, 0.29) is 114 Å². The molecule has 0 aliphatic heterocycles. The van der Waals surface area contributed by atoms with E-state index in [0.29, 0.717) is 12.8 Å². The normalized spacial score (nSPS) is 11.7. The van der Waals surface area contributed by atoms with Gasteiger partial charge in [0.15, 0.2) is 0 Å². The second-order valence-corrected chi connectivity index (χ2v) is 11.1. The molecule has 0 fully saturated rings. The van der Waals surface area contributed by atoms with E-state index < -0.39 is 20.2 Å². The summed E-state index contributed by atoms with van der Waals surface area (Å²) in [6.45, 7) is 0. The zero-order valence-corrected chi connectivity index (χ0v) is 19.1. The monoisotopic (exact) mass is 522 g/mol. The van der Waals surface area contributed by atoms with Gasteiger partial charge in [-0.25, -0.2) is 0 Å². The zero-order valence-electron chi connectivity index (χ0n) is 17.5. The Morgan fingerprint density at radius 1 is 0.333 bits per heavy atom. The van der Waals surface area contributed by atoms with E-state index in [0.717, 1.165) is 38.5 Å². The molecule has 0 saturated carbocycles. The van der Waals surface area contributed by atoms with E-state index >= 15 is 0 Å². The molecule has 0 aliphatic rings. The third-order valence-electron chi connectivity index (χ3n) is 5.05. The van der Waals surface area contributed by atoms with Crippen LogP contribution in [0.2, 0.25) is 0 Å². The molecule has 0 aliphatic carbocycles. The number of hydrogen-bond acceptors (Lipinski definition) is 4. The second-order valence-electron chi connectivity index (χ2n) is 7.94. The first-order valence-electron chi connectivity index (χ1n) is 11.1. The molecule has 0 atom stereocenters. The van der Waals surface area contributed by atoms with Crippen molar-refractivity contribution in [3.8, 4) is 0 Å². The topological polar surface area (TPSA) is 109 Å². The van der Waals surface area contributed by atoms with Crippen LogP contribution in [0, 0.1) is 0 Å². The number of unbranched alkanes of at least 4 members (excludes halogenated alkanes) is 17. The minimum atomic E-state index is -3.78. The van der Waals surface area contributed by atoms with Crippen molar-refractivity contribution in [2.24, 2.45) is 0 Å². The molecule has 2 N–H and O–H groups in total. The van der Waals surface area contributed by atoms with Crippen LogP contribution in [0.25, 0.3) is 0 Å². The van der Waals surface area contributed by atoms with E-state index in [2.05, 4.69) is 0 Å². The van der Waals surface area contributed by atoms with Gasteiger partial charge in [-0.2, -0.15) is 16.8 Å². The summed E-state index contributed by atoms with van der Waals surface area (Å²) in [6, 6.07) is 0. The Morgan fingerprint density at radius 2 is 0.467 bits per heavy atom. The molecule has 0 amide bonds. The van der Waals surface area contributed by atoms with Crippen molar-refractivity contribution in [2.75, 3.05) is 11.5 Å². The molecule has 0 heterocycles. The molecule has 0 bridgehead atoms. The Labute approximate surface area is 271 Å². The van der Waals surface area contributed by atoms with Crippen LogP contribution in [0.4, 0.5) is 0 Å². The fourth-order valence-electron chi connectivity index (χ4n) is 3.40. The first kappa shape index (κ1) is 37.6. The Balaban J connectivity index is -0.00000364. The molecule has 0 radical (unpaired) electrons. The fourth-order valence-corrected chi connectivity index (χ4v) is 4.54. The van der Waals surface area contributed by atoms with Crippen LogP contribution >= 0.6 is 0 Å². The average molecular weight is 523 g/mol. The maximum absolute atomic E-state index is 10.6. The van der Waals surface area contributed by atoms with Gasteiger partial charge < -0.3 is 0 Å². The molecule has 0 aromatic rings. The molecule has 0 aromatic carbocycles. The Hall–Kier alpha value is 3.09. The van der Waals surface area contributed by atoms with Crippen molar-refractivity contribution in [1.82, 2.24) is 0 Å². The summed E-state index contributed by atoms with van der Waals surface area (Å²) in [4.78, 5) is 0. The van der Waals surface area contributed by atoms with Gasteiger partial charge in [-0.15, -0.1) is 0 Å². The van der Waals surface area contributed by atoms with Gasteiger partial charge in [0, 0.05) is 0 Å². The van der Waals surface area contributed by atoms with Crippen LogP contribution in [0.15, 0.2) is 0 Å². The Bertz CT molecular complexity index is 504. The molecule has 0 unspecified atom stereocenters. The van der Waals surface area contributed by atoms with Crippen LogP contribution < -0.4 is 0 Å². The van der Waals surface area contributed by atoms with Crippen molar-refractivity contribution in [3.63, 3.8) is 0 Å². The summed E-state index contributed by atoms with van der Waals surface area (Å²) in [7, 11) is -7.56. The van der Waals surface area contributed by atoms with E-state index in [4.69, 9.17) is 9.11 Å². The molecule has 0 rings (SSSR count). The summed E-state index contributed by atoms with van der Waals surface area (Å²) < 4.78 is 59.6. The third kappa shape index (κ3) is 35.7. The fraction of sp³-hybridized carbons (Fsp3) is 1.00. The summed E-state index contributed by atoms with van der Waals surface area (Å²) in [5.74, 6) is -0.214. The SMILES string of the molecule is O=S(=O)(O)CCCCCCCCCCCCCCCCCCCCS(=O)(=O)O.[KH].[KH]. The zero-order chi connectivity index (χ0) is 21.1. The van der Waals surface area contributed by atoms with E-state index in [9.17, 15) is 16.8 Å². The van der Waals surface area contributed by atoms with Crippen molar-refractivity contribution in [1.29, 1.82) is 0 Å². The molecular formula is C20H44K2O6S2. The average Bonchev–Trinajstić information content (AvgIpc) is 2.58. The van der Waals surface area contributed by atoms with Gasteiger partial charge in [0.25, 0.3) is 20.2 Å². The first-order chi connectivity index (χ1) is 13.2. The summed E-state index contributed by atoms with van der Waals surface area (Å²) in [6.07, 6.45) is 20.0. The maximum atomic E-state index is 10.6. The molecule has 174 valence electrons. The van der Waals surface area contributed by atoms with Gasteiger partial charge in [0.05, 0.1) is 11.5 Å². The van der Waals surface area contributed by atoms with Gasteiger partial charge in [-0.3, -0.25) is 9.11 Å². The summed E-state index contributed by atoms with van der Waals surface area (Å²) >= 11 is 0. The van der Waals surface area contributed by atoms with Crippen LogP contribution in [0.5, 0.6) is 0 Å². The molecule has 30 heavy (non-hydrogen) atoms. The van der Waals surface area contributed by atoms with Crippen molar-refractivity contribution in [2.45, 2.75) is 116 Å². The van der Waals surface area contributed by atoms with E-state index in [1.807, 2.05) is 0 Å². The summed E-state index contributed by atoms with van der Waals surface area (Å²) in [5, 5.41) is 0. The van der Waals surface area contributed by atoms with Gasteiger partial charge in [-0.1, -0.05) is 103 Å². The van der Waals surface area contributed by atoms with E-state index in [1.165, 1.54) is 64.2 Å². The van der Waals surface area contributed by atoms with Gasteiger partial charge in [-0.05, 0) is 12.8 Å². The molecule has 6 nitrogen and oxygen atoms in total. The van der Waals surface area contributed by atoms with Crippen LogP contribution in [-0.4, -0.2) is 140 Å². The van der Waals surface area contributed by atoms with E-state index in [1.54, 1.807) is 0 Å². The van der Waals surface area contributed by atoms with Gasteiger partial charge in [0.1, 0.15) is 0 Å².